The topological polar surface area (TPSA) is 97.4 Å². The number of aromatic nitrogens is 1. The minimum absolute atomic E-state index is 0.0390. The van der Waals surface area contributed by atoms with Crippen molar-refractivity contribution in [3.8, 4) is 17.6 Å². The minimum Gasteiger partial charge on any atom is -0.493 e. The summed E-state index contributed by atoms with van der Waals surface area (Å²) in [6.45, 7) is 6.91. The van der Waals surface area contributed by atoms with Crippen LogP contribution in [-0.2, 0) is 4.79 Å². The molecule has 0 bridgehead atoms. The molecule has 0 unspecified atom stereocenters. The highest BCUT2D eigenvalue weighted by atomic mass is 16.5. The van der Waals surface area contributed by atoms with E-state index in [-0.39, 0.29) is 11.4 Å². The van der Waals surface area contributed by atoms with E-state index in [0.717, 1.165) is 17.7 Å². The number of carbonyl (C=O) groups excluding carboxylic acids is 1. The molecule has 0 fully saturated rings. The number of ether oxygens (including phenoxy) is 2. The number of hydrogen-bond acceptors (Lipinski definition) is 6. The Bertz CT molecular complexity index is 1140. The van der Waals surface area contributed by atoms with Gasteiger partial charge in [-0.05, 0) is 61.7 Å². The molecule has 0 saturated carbocycles. The van der Waals surface area contributed by atoms with Crippen LogP contribution >= 0.6 is 0 Å². The predicted molar refractivity (Wildman–Crippen MR) is 121 cm³/mol. The summed E-state index contributed by atoms with van der Waals surface area (Å²) >= 11 is 0. The van der Waals surface area contributed by atoms with Crippen molar-refractivity contribution in [1.82, 2.24) is 5.16 Å². The van der Waals surface area contributed by atoms with Crippen LogP contribution in [0.25, 0.3) is 6.08 Å². The molecular formula is C25H25N3O4. The molecule has 1 N–H and O–H groups in total. The smallest absolute Gasteiger partial charge is 0.267 e. The normalized spacial score (nSPS) is 11.0. The molecule has 1 amide bonds. The molecule has 0 spiro atoms. The van der Waals surface area contributed by atoms with E-state index < -0.39 is 5.91 Å². The second-order valence-electron chi connectivity index (χ2n) is 7.26. The van der Waals surface area contributed by atoms with Crippen molar-refractivity contribution in [3.63, 3.8) is 0 Å². The van der Waals surface area contributed by atoms with Gasteiger partial charge in [0.2, 0.25) is 0 Å². The molecule has 2 aromatic carbocycles. The molecule has 0 aliphatic rings. The van der Waals surface area contributed by atoms with Crippen molar-refractivity contribution in [2.24, 2.45) is 0 Å². The van der Waals surface area contributed by atoms with Crippen molar-refractivity contribution in [1.29, 1.82) is 5.26 Å². The molecule has 3 aromatic rings. The van der Waals surface area contributed by atoms with Crippen LogP contribution in [0, 0.1) is 32.1 Å². The maximum Gasteiger partial charge on any atom is 0.267 e. The van der Waals surface area contributed by atoms with Gasteiger partial charge in [-0.2, -0.15) is 5.26 Å². The molecule has 0 aliphatic heterocycles. The fraction of sp³-hybridized carbons (Fsp3) is 0.240. The summed E-state index contributed by atoms with van der Waals surface area (Å²) in [5, 5.41) is 15.5. The van der Waals surface area contributed by atoms with Crippen LogP contribution in [0.4, 0.5) is 5.82 Å². The van der Waals surface area contributed by atoms with Gasteiger partial charge in [0.25, 0.3) is 5.91 Å². The fourth-order valence-electron chi connectivity index (χ4n) is 2.90. The number of anilines is 1. The van der Waals surface area contributed by atoms with Gasteiger partial charge in [-0.25, -0.2) is 0 Å². The number of nitrogens with one attached hydrogen (secondary N) is 1. The first-order valence-corrected chi connectivity index (χ1v) is 10.2. The fourth-order valence-corrected chi connectivity index (χ4v) is 2.90. The Labute approximate surface area is 187 Å². The summed E-state index contributed by atoms with van der Waals surface area (Å²) in [5.74, 6) is 1.88. The first kappa shape index (κ1) is 22.6. The van der Waals surface area contributed by atoms with Crippen LogP contribution in [0.3, 0.4) is 0 Å². The summed E-state index contributed by atoms with van der Waals surface area (Å²) in [6, 6.07) is 16.7. The first-order chi connectivity index (χ1) is 15.5. The van der Waals surface area contributed by atoms with E-state index in [9.17, 15) is 10.1 Å². The standard InChI is InChI=1S/C25H25N3O4/c1-17-6-4-7-23(19(17)3)31-13-5-12-30-22-10-8-20(9-11-22)15-21(16-26)25(29)27-24-14-18(2)32-28-24/h4,6-11,14-15H,5,12-13H2,1-3H3,(H,27,28,29)/b21-15-. The lowest BCUT2D eigenvalue weighted by molar-refractivity contribution is -0.112. The van der Waals surface area contributed by atoms with E-state index in [1.54, 1.807) is 37.3 Å². The van der Waals surface area contributed by atoms with Gasteiger partial charge >= 0.3 is 0 Å². The molecule has 1 heterocycles. The Morgan fingerprint density at radius 3 is 2.56 bits per heavy atom. The zero-order valence-corrected chi connectivity index (χ0v) is 18.3. The molecule has 7 nitrogen and oxygen atoms in total. The monoisotopic (exact) mass is 431 g/mol. The molecule has 3 rings (SSSR count). The van der Waals surface area contributed by atoms with Crippen LogP contribution in [0.15, 0.2) is 58.6 Å². The minimum atomic E-state index is -0.551. The summed E-state index contributed by atoms with van der Waals surface area (Å²) in [5.41, 5.74) is 3.03. The summed E-state index contributed by atoms with van der Waals surface area (Å²) in [7, 11) is 0. The van der Waals surface area contributed by atoms with Gasteiger partial charge in [-0.15, -0.1) is 0 Å². The molecule has 0 atom stereocenters. The number of amides is 1. The van der Waals surface area contributed by atoms with Crippen LogP contribution < -0.4 is 14.8 Å². The second-order valence-corrected chi connectivity index (χ2v) is 7.26. The maximum absolute atomic E-state index is 12.2. The zero-order chi connectivity index (χ0) is 22.9. The first-order valence-electron chi connectivity index (χ1n) is 10.2. The van der Waals surface area contributed by atoms with Gasteiger partial charge in [0, 0.05) is 12.5 Å². The number of carbonyl (C=O) groups is 1. The van der Waals surface area contributed by atoms with Crippen molar-refractivity contribution in [2.45, 2.75) is 27.2 Å². The van der Waals surface area contributed by atoms with Gasteiger partial charge in [-0.3, -0.25) is 4.79 Å². The van der Waals surface area contributed by atoms with E-state index in [2.05, 4.69) is 23.5 Å². The molecule has 164 valence electrons. The Morgan fingerprint density at radius 1 is 1.12 bits per heavy atom. The predicted octanol–water partition coefficient (Wildman–Crippen LogP) is 4.99. The molecule has 7 heteroatoms. The van der Waals surface area contributed by atoms with E-state index in [0.29, 0.717) is 30.3 Å². The van der Waals surface area contributed by atoms with Crippen molar-refractivity contribution < 1.29 is 18.8 Å². The number of benzene rings is 2. The van der Waals surface area contributed by atoms with Gasteiger partial charge in [0.1, 0.15) is 28.9 Å². The summed E-state index contributed by atoms with van der Waals surface area (Å²) in [4.78, 5) is 12.2. The van der Waals surface area contributed by atoms with Gasteiger partial charge in [0.15, 0.2) is 5.82 Å². The Kier molecular flexibility index (Phi) is 7.65. The van der Waals surface area contributed by atoms with Gasteiger partial charge < -0.3 is 19.3 Å². The SMILES string of the molecule is Cc1cc(NC(=O)/C(C#N)=C\c2ccc(OCCCOc3cccc(C)c3C)cc2)no1. The van der Waals surface area contributed by atoms with E-state index >= 15 is 0 Å². The molecular weight excluding hydrogens is 406 g/mol. The van der Waals surface area contributed by atoms with Crippen LogP contribution in [0.1, 0.15) is 28.9 Å². The third kappa shape index (κ3) is 6.22. The second kappa shape index (κ2) is 10.8. The quantitative estimate of drug-likeness (QED) is 0.291. The molecule has 0 radical (unpaired) electrons. The molecule has 0 aliphatic carbocycles. The lowest BCUT2D eigenvalue weighted by Gasteiger charge is -2.11. The third-order valence-corrected chi connectivity index (χ3v) is 4.80. The average Bonchev–Trinajstić information content (AvgIpc) is 3.19. The molecule has 1 aromatic heterocycles. The number of nitriles is 1. The van der Waals surface area contributed by atoms with Crippen LogP contribution in [-0.4, -0.2) is 24.3 Å². The van der Waals surface area contributed by atoms with E-state index in [1.807, 2.05) is 25.1 Å². The van der Waals surface area contributed by atoms with Crippen LogP contribution in [0.2, 0.25) is 0 Å². The van der Waals surface area contributed by atoms with Crippen LogP contribution in [0.5, 0.6) is 11.5 Å². The number of nitrogens with zero attached hydrogens (tertiary/aromatic N) is 2. The van der Waals surface area contributed by atoms with E-state index in [1.165, 1.54) is 11.6 Å². The largest absolute Gasteiger partial charge is 0.493 e. The van der Waals surface area contributed by atoms with Gasteiger partial charge in [0.05, 0.1) is 13.2 Å². The molecule has 32 heavy (non-hydrogen) atoms. The Morgan fingerprint density at radius 2 is 1.88 bits per heavy atom. The zero-order valence-electron chi connectivity index (χ0n) is 18.3. The van der Waals surface area contributed by atoms with E-state index in [4.69, 9.17) is 14.0 Å². The van der Waals surface area contributed by atoms with Crippen molar-refractivity contribution >= 4 is 17.8 Å². The summed E-state index contributed by atoms with van der Waals surface area (Å²) in [6.07, 6.45) is 2.25. The highest BCUT2D eigenvalue weighted by Gasteiger charge is 2.12. The summed E-state index contributed by atoms with van der Waals surface area (Å²) < 4.78 is 16.5. The highest BCUT2D eigenvalue weighted by molar-refractivity contribution is 6.09. The molecule has 0 saturated heterocycles. The number of aryl methyl sites for hydroxylation is 2. The van der Waals surface area contributed by atoms with Gasteiger partial charge in [-0.1, -0.05) is 29.4 Å². The lowest BCUT2D eigenvalue weighted by atomic mass is 10.1. The van der Waals surface area contributed by atoms with Crippen molar-refractivity contribution in [2.75, 3.05) is 18.5 Å². The Balaban J connectivity index is 1.48. The maximum atomic E-state index is 12.2. The number of rotatable bonds is 9. The average molecular weight is 431 g/mol. The number of hydrogen-bond donors (Lipinski definition) is 1. The third-order valence-electron chi connectivity index (χ3n) is 4.80. The highest BCUT2D eigenvalue weighted by Crippen LogP contribution is 2.21. The van der Waals surface area contributed by atoms with Crippen molar-refractivity contribution in [3.05, 3.63) is 76.6 Å². The lowest BCUT2D eigenvalue weighted by Crippen LogP contribution is -2.13. The Hall–Kier alpha value is -4.05.